The highest BCUT2D eigenvalue weighted by atomic mass is 16.6. The van der Waals surface area contributed by atoms with Crippen molar-refractivity contribution >= 4 is 17.9 Å². The Morgan fingerprint density at radius 2 is 0.615 bits per heavy atom. The second-order valence-corrected chi connectivity index (χ2v) is 17.5. The first-order valence-corrected chi connectivity index (χ1v) is 26.8. The first-order valence-electron chi connectivity index (χ1n) is 26.8. The number of rotatable bonds is 47. The largest absolute Gasteiger partial charge is 0.462 e. The molecule has 0 aliphatic carbocycles. The summed E-state index contributed by atoms with van der Waals surface area (Å²) in [4.78, 5) is 38.0. The Labute approximate surface area is 400 Å². The Morgan fingerprint density at radius 1 is 0.323 bits per heavy atom. The van der Waals surface area contributed by atoms with E-state index < -0.39 is 6.10 Å². The molecule has 1 atom stereocenters. The Balaban J connectivity index is 4.48. The van der Waals surface area contributed by atoms with Gasteiger partial charge >= 0.3 is 17.9 Å². The fraction of sp³-hybridized carbons (Fsp3) is 0.678. The molecule has 0 saturated heterocycles. The molecule has 6 heteroatoms. The van der Waals surface area contributed by atoms with E-state index in [0.29, 0.717) is 19.3 Å². The molecule has 0 heterocycles. The summed E-state index contributed by atoms with van der Waals surface area (Å²) in [5.74, 6) is -0.951. The van der Waals surface area contributed by atoms with Crippen LogP contribution in [-0.2, 0) is 28.6 Å². The van der Waals surface area contributed by atoms with Crippen LogP contribution in [0.15, 0.2) is 97.2 Å². The van der Waals surface area contributed by atoms with Gasteiger partial charge in [-0.1, -0.05) is 227 Å². The zero-order valence-electron chi connectivity index (χ0n) is 42.2. The summed E-state index contributed by atoms with van der Waals surface area (Å²) in [5, 5.41) is 0. The summed E-state index contributed by atoms with van der Waals surface area (Å²) in [6, 6.07) is 0. The molecule has 0 rings (SSSR count). The van der Waals surface area contributed by atoms with Crippen LogP contribution in [0.3, 0.4) is 0 Å². The van der Waals surface area contributed by atoms with Crippen LogP contribution in [0.25, 0.3) is 0 Å². The third-order valence-corrected chi connectivity index (χ3v) is 11.2. The molecule has 0 bridgehead atoms. The van der Waals surface area contributed by atoms with Gasteiger partial charge in [0.2, 0.25) is 0 Å². The zero-order chi connectivity index (χ0) is 47.2. The van der Waals surface area contributed by atoms with Crippen LogP contribution in [0.2, 0.25) is 0 Å². The van der Waals surface area contributed by atoms with E-state index in [-0.39, 0.29) is 31.1 Å². The van der Waals surface area contributed by atoms with E-state index in [1.165, 1.54) is 77.0 Å². The highest BCUT2D eigenvalue weighted by Gasteiger charge is 2.19. The van der Waals surface area contributed by atoms with Crippen molar-refractivity contribution in [3.05, 3.63) is 97.2 Å². The minimum absolute atomic E-state index is 0.100. The summed E-state index contributed by atoms with van der Waals surface area (Å²) in [6.45, 7) is 6.42. The molecule has 0 fully saturated rings. The Hall–Kier alpha value is -3.67. The lowest BCUT2D eigenvalue weighted by atomic mass is 10.1. The second kappa shape index (κ2) is 52.9. The lowest BCUT2D eigenvalue weighted by Crippen LogP contribution is -2.30. The van der Waals surface area contributed by atoms with Gasteiger partial charge in [-0.2, -0.15) is 0 Å². The van der Waals surface area contributed by atoms with Gasteiger partial charge in [-0.15, -0.1) is 0 Å². The third-order valence-electron chi connectivity index (χ3n) is 11.2. The predicted molar refractivity (Wildman–Crippen MR) is 279 cm³/mol. The van der Waals surface area contributed by atoms with E-state index in [4.69, 9.17) is 14.2 Å². The molecule has 0 spiro atoms. The molecule has 6 nitrogen and oxygen atoms in total. The number of hydrogen-bond donors (Lipinski definition) is 0. The Kier molecular flexibility index (Phi) is 50.0. The minimum atomic E-state index is -0.801. The SMILES string of the molecule is CC/C=C/C=C/C=C/CCCCCCCC(=O)OCC(COC(=O)CCCCCCC/C=C/C=C/C=C/C=C/CCCCC)OC(=O)CCCCCCC/C=C/CCCCCCCCC. The number of esters is 3. The molecule has 0 N–H and O–H groups in total. The zero-order valence-corrected chi connectivity index (χ0v) is 42.2. The summed E-state index contributed by atoms with van der Waals surface area (Å²) in [5.41, 5.74) is 0. The van der Waals surface area contributed by atoms with Crippen molar-refractivity contribution < 1.29 is 28.6 Å². The first kappa shape index (κ1) is 61.3. The summed E-state index contributed by atoms with van der Waals surface area (Å²) in [6.07, 6.45) is 69.6. The second-order valence-electron chi connectivity index (χ2n) is 17.5. The number of allylic oxidation sites excluding steroid dienone is 16. The van der Waals surface area contributed by atoms with Gasteiger partial charge in [0.1, 0.15) is 13.2 Å². The smallest absolute Gasteiger partial charge is 0.306 e. The maximum absolute atomic E-state index is 12.8. The van der Waals surface area contributed by atoms with E-state index in [9.17, 15) is 14.4 Å². The molecule has 370 valence electrons. The van der Waals surface area contributed by atoms with Crippen LogP contribution in [0.5, 0.6) is 0 Å². The van der Waals surface area contributed by atoms with Gasteiger partial charge in [0.05, 0.1) is 0 Å². The van der Waals surface area contributed by atoms with Gasteiger partial charge in [0.25, 0.3) is 0 Å². The van der Waals surface area contributed by atoms with Gasteiger partial charge in [-0.3, -0.25) is 14.4 Å². The van der Waals surface area contributed by atoms with Crippen molar-refractivity contribution in [2.45, 2.75) is 245 Å². The first-order chi connectivity index (χ1) is 32.0. The van der Waals surface area contributed by atoms with E-state index in [2.05, 4.69) is 118 Å². The van der Waals surface area contributed by atoms with Crippen LogP contribution in [0.4, 0.5) is 0 Å². The molecule has 0 aliphatic rings. The molecule has 65 heavy (non-hydrogen) atoms. The van der Waals surface area contributed by atoms with Crippen LogP contribution in [-0.4, -0.2) is 37.2 Å². The predicted octanol–water partition coefficient (Wildman–Crippen LogP) is 17.8. The quantitative estimate of drug-likeness (QED) is 0.0199. The maximum atomic E-state index is 12.8. The number of unbranched alkanes of at least 4 members (excludes halogenated alkanes) is 25. The summed E-state index contributed by atoms with van der Waals surface area (Å²) in [7, 11) is 0. The van der Waals surface area contributed by atoms with Gasteiger partial charge < -0.3 is 14.2 Å². The van der Waals surface area contributed by atoms with Gasteiger partial charge in [0, 0.05) is 19.3 Å². The number of carbonyl (C=O) groups is 3. The van der Waals surface area contributed by atoms with Crippen LogP contribution in [0, 0.1) is 0 Å². The fourth-order valence-electron chi connectivity index (χ4n) is 7.15. The molecule has 0 aromatic heterocycles. The van der Waals surface area contributed by atoms with Crippen molar-refractivity contribution in [2.24, 2.45) is 0 Å². The van der Waals surface area contributed by atoms with Gasteiger partial charge in [-0.25, -0.2) is 0 Å². The van der Waals surface area contributed by atoms with E-state index in [1.54, 1.807) is 0 Å². The highest BCUT2D eigenvalue weighted by molar-refractivity contribution is 5.71. The van der Waals surface area contributed by atoms with Crippen molar-refractivity contribution in [2.75, 3.05) is 13.2 Å². The minimum Gasteiger partial charge on any atom is -0.462 e. The Morgan fingerprint density at radius 3 is 1.02 bits per heavy atom. The van der Waals surface area contributed by atoms with E-state index in [0.717, 1.165) is 122 Å². The molecule has 0 amide bonds. The van der Waals surface area contributed by atoms with Gasteiger partial charge in [-0.05, 0) is 89.9 Å². The average Bonchev–Trinajstić information content (AvgIpc) is 3.30. The van der Waals surface area contributed by atoms with E-state index in [1.807, 2.05) is 0 Å². The molecule has 1 unspecified atom stereocenters. The van der Waals surface area contributed by atoms with Crippen LogP contribution >= 0.6 is 0 Å². The van der Waals surface area contributed by atoms with Crippen LogP contribution in [0.1, 0.15) is 239 Å². The topological polar surface area (TPSA) is 78.9 Å². The van der Waals surface area contributed by atoms with Crippen molar-refractivity contribution in [3.63, 3.8) is 0 Å². The summed E-state index contributed by atoms with van der Waals surface area (Å²) >= 11 is 0. The summed E-state index contributed by atoms with van der Waals surface area (Å²) < 4.78 is 16.8. The molecule has 0 aromatic carbocycles. The number of hydrogen-bond acceptors (Lipinski definition) is 6. The lowest BCUT2D eigenvalue weighted by Gasteiger charge is -2.18. The molecular formula is C59H98O6. The van der Waals surface area contributed by atoms with Crippen LogP contribution < -0.4 is 0 Å². The number of carbonyl (C=O) groups excluding carboxylic acids is 3. The molecule has 0 radical (unpaired) electrons. The van der Waals surface area contributed by atoms with Gasteiger partial charge in [0.15, 0.2) is 6.10 Å². The monoisotopic (exact) mass is 903 g/mol. The number of ether oxygens (including phenoxy) is 3. The molecule has 0 aliphatic heterocycles. The average molecular weight is 903 g/mol. The van der Waals surface area contributed by atoms with Crippen molar-refractivity contribution in [1.29, 1.82) is 0 Å². The standard InChI is InChI=1S/C59H98O6/c1-4-7-10-13-16-19-22-25-27-29-30-32-34-37-40-43-46-49-52-58(61)64-55-56(54-63-57(60)51-48-45-42-39-36-33-24-21-18-15-12-9-6-3)65-59(62)53-50-47-44-41-38-35-31-28-26-23-20-17-14-11-8-5-2/h9,12,15-16,18-19,21-22,24-25,27-32,56H,4-8,10-11,13-14,17,20,23,26,33-55H2,1-3H3/b12-9+,18-15+,19-16+,24-21+,25-22+,29-27+,31-28+,32-30+. The molecule has 0 aromatic rings. The molecule has 0 saturated carbocycles. The molecular weight excluding hydrogens is 805 g/mol. The fourth-order valence-corrected chi connectivity index (χ4v) is 7.15. The normalized spacial score (nSPS) is 12.8. The lowest BCUT2D eigenvalue weighted by molar-refractivity contribution is -0.167. The van der Waals surface area contributed by atoms with E-state index >= 15 is 0 Å². The highest BCUT2D eigenvalue weighted by Crippen LogP contribution is 2.14. The Bertz CT molecular complexity index is 1310. The maximum Gasteiger partial charge on any atom is 0.306 e. The third kappa shape index (κ3) is 51.2. The van der Waals surface area contributed by atoms with Crippen molar-refractivity contribution in [3.8, 4) is 0 Å². The van der Waals surface area contributed by atoms with Crippen molar-refractivity contribution in [1.82, 2.24) is 0 Å².